The highest BCUT2D eigenvalue weighted by atomic mass is 32.2. The molecule has 2 rings (SSSR count). The molecule has 0 bridgehead atoms. The molecule has 0 amide bonds. The molecular weight excluding hydrogens is 256 g/mol. The molecular formula is C10H14N4O3S. The third-order valence-electron chi connectivity index (χ3n) is 2.42. The van der Waals surface area contributed by atoms with Crippen LogP contribution in [0.1, 0.15) is 0 Å². The van der Waals surface area contributed by atoms with E-state index in [0.717, 1.165) is 10.5 Å². The second kappa shape index (κ2) is 6.10. The number of aliphatic hydroxyl groups excluding tert-OH is 2. The molecule has 7 nitrogen and oxygen atoms in total. The predicted octanol–water partition coefficient (Wildman–Crippen LogP) is -0.125. The number of fused-ring (bicyclic) bond motifs is 1. The van der Waals surface area contributed by atoms with E-state index in [1.807, 2.05) is 6.26 Å². The summed E-state index contributed by atoms with van der Waals surface area (Å²) in [7, 11) is 0. The lowest BCUT2D eigenvalue weighted by molar-refractivity contribution is -0.0488. The van der Waals surface area contributed by atoms with Crippen molar-refractivity contribution < 1.29 is 14.9 Å². The zero-order valence-corrected chi connectivity index (χ0v) is 10.7. The Morgan fingerprint density at radius 1 is 1.33 bits per heavy atom. The van der Waals surface area contributed by atoms with Crippen LogP contribution in [0.3, 0.4) is 0 Å². The van der Waals surface area contributed by atoms with Crippen molar-refractivity contribution in [1.29, 1.82) is 0 Å². The summed E-state index contributed by atoms with van der Waals surface area (Å²) in [5, 5.41) is 18.6. The molecule has 0 aliphatic carbocycles. The van der Waals surface area contributed by atoms with Crippen LogP contribution in [-0.4, -0.2) is 55.3 Å². The molecule has 0 saturated heterocycles. The van der Waals surface area contributed by atoms with Crippen molar-refractivity contribution >= 4 is 22.9 Å². The Hall–Kier alpha value is -1.22. The average molecular weight is 270 g/mol. The highest BCUT2D eigenvalue weighted by Gasteiger charge is 2.11. The van der Waals surface area contributed by atoms with Crippen LogP contribution >= 0.6 is 11.8 Å². The molecule has 8 heteroatoms. The first-order valence-corrected chi connectivity index (χ1v) is 6.55. The maximum Gasteiger partial charge on any atom is 0.166 e. The third-order valence-corrected chi connectivity index (χ3v) is 3.10. The van der Waals surface area contributed by atoms with E-state index < -0.39 is 6.10 Å². The fourth-order valence-corrected chi connectivity index (χ4v) is 1.94. The third kappa shape index (κ3) is 2.61. The van der Waals surface area contributed by atoms with Gasteiger partial charge in [-0.15, -0.1) is 11.8 Å². The van der Waals surface area contributed by atoms with Gasteiger partial charge in [0, 0.05) is 0 Å². The van der Waals surface area contributed by atoms with Crippen molar-refractivity contribution in [3.8, 4) is 0 Å². The van der Waals surface area contributed by atoms with Gasteiger partial charge in [-0.25, -0.2) is 15.0 Å². The second-order valence-corrected chi connectivity index (χ2v) is 4.35. The van der Waals surface area contributed by atoms with E-state index in [1.54, 1.807) is 10.9 Å². The summed E-state index contributed by atoms with van der Waals surface area (Å²) >= 11 is 1.50. The van der Waals surface area contributed by atoms with E-state index >= 15 is 0 Å². The minimum Gasteiger partial charge on any atom is -0.394 e. The van der Waals surface area contributed by atoms with Gasteiger partial charge in [-0.3, -0.25) is 4.57 Å². The molecule has 0 unspecified atom stereocenters. The van der Waals surface area contributed by atoms with E-state index in [1.165, 1.54) is 18.1 Å². The standard InChI is InChI=1S/C10H14N4O3S/c1-18-10-8-9(11-4-12-10)14(5-13-8)6-17-7(2-15)3-16/h4-5,7,15-16H,2-3,6H2,1H3. The lowest BCUT2D eigenvalue weighted by atomic mass is 10.4. The average Bonchev–Trinajstić information content (AvgIpc) is 2.83. The topological polar surface area (TPSA) is 93.3 Å². The SMILES string of the molecule is CSc1ncnc2c1ncn2COC(CO)CO. The van der Waals surface area contributed by atoms with Crippen molar-refractivity contribution in [3.05, 3.63) is 12.7 Å². The number of hydrogen-bond donors (Lipinski definition) is 2. The number of rotatable bonds is 6. The summed E-state index contributed by atoms with van der Waals surface area (Å²) in [4.78, 5) is 12.5. The minimum absolute atomic E-state index is 0.174. The second-order valence-electron chi connectivity index (χ2n) is 3.55. The molecule has 0 atom stereocenters. The number of aliphatic hydroxyl groups is 2. The van der Waals surface area contributed by atoms with Gasteiger partial charge in [0.1, 0.15) is 29.7 Å². The van der Waals surface area contributed by atoms with Crippen LogP contribution in [0.5, 0.6) is 0 Å². The maximum absolute atomic E-state index is 8.91. The molecule has 2 N–H and O–H groups in total. The monoisotopic (exact) mass is 270 g/mol. The van der Waals surface area contributed by atoms with Crippen LogP contribution in [-0.2, 0) is 11.5 Å². The Balaban J connectivity index is 2.19. The van der Waals surface area contributed by atoms with Gasteiger partial charge in [0.2, 0.25) is 0 Å². The molecule has 0 fully saturated rings. The molecule has 2 heterocycles. The van der Waals surface area contributed by atoms with Gasteiger partial charge in [0.05, 0.1) is 19.5 Å². The summed E-state index contributed by atoms with van der Waals surface area (Å²) in [6, 6.07) is 0. The molecule has 2 aromatic rings. The van der Waals surface area contributed by atoms with Crippen molar-refractivity contribution in [3.63, 3.8) is 0 Å². The first-order valence-electron chi connectivity index (χ1n) is 5.33. The highest BCUT2D eigenvalue weighted by molar-refractivity contribution is 7.98. The van der Waals surface area contributed by atoms with Gasteiger partial charge in [-0.2, -0.15) is 0 Å². The van der Waals surface area contributed by atoms with Gasteiger partial charge in [0.25, 0.3) is 0 Å². The molecule has 98 valence electrons. The minimum atomic E-state index is -0.593. The normalized spacial score (nSPS) is 11.6. The molecule has 2 aromatic heterocycles. The van der Waals surface area contributed by atoms with Gasteiger partial charge in [-0.1, -0.05) is 0 Å². The zero-order valence-electron chi connectivity index (χ0n) is 9.85. The van der Waals surface area contributed by atoms with Crippen LogP contribution in [0.25, 0.3) is 11.2 Å². The first-order chi connectivity index (χ1) is 8.80. The number of ether oxygens (including phenoxy) is 1. The molecule has 0 radical (unpaired) electrons. The van der Waals surface area contributed by atoms with Crippen LogP contribution in [0.15, 0.2) is 17.7 Å². The lowest BCUT2D eigenvalue weighted by Gasteiger charge is -2.12. The van der Waals surface area contributed by atoms with Crippen LogP contribution in [0.2, 0.25) is 0 Å². The van der Waals surface area contributed by atoms with Crippen LogP contribution < -0.4 is 0 Å². The van der Waals surface area contributed by atoms with Gasteiger partial charge in [0.15, 0.2) is 5.65 Å². The van der Waals surface area contributed by atoms with Gasteiger partial charge < -0.3 is 14.9 Å². The van der Waals surface area contributed by atoms with Crippen molar-refractivity contribution in [1.82, 2.24) is 19.5 Å². The van der Waals surface area contributed by atoms with Gasteiger partial charge >= 0.3 is 0 Å². The fraction of sp³-hybridized carbons (Fsp3) is 0.500. The molecule has 0 saturated carbocycles. The maximum atomic E-state index is 8.91. The smallest absolute Gasteiger partial charge is 0.166 e. The summed E-state index contributed by atoms with van der Waals surface area (Å²) in [6.45, 7) is -0.282. The molecule has 18 heavy (non-hydrogen) atoms. The quantitative estimate of drug-likeness (QED) is 0.558. The number of imidazole rings is 1. The van der Waals surface area contributed by atoms with Crippen molar-refractivity contribution in [2.75, 3.05) is 19.5 Å². The molecule has 0 aromatic carbocycles. The van der Waals surface area contributed by atoms with Crippen LogP contribution in [0.4, 0.5) is 0 Å². The molecule has 0 aliphatic rings. The lowest BCUT2D eigenvalue weighted by Crippen LogP contribution is -2.23. The largest absolute Gasteiger partial charge is 0.394 e. The van der Waals surface area contributed by atoms with Gasteiger partial charge in [-0.05, 0) is 6.26 Å². The van der Waals surface area contributed by atoms with E-state index in [9.17, 15) is 0 Å². The van der Waals surface area contributed by atoms with E-state index in [2.05, 4.69) is 15.0 Å². The summed E-state index contributed by atoms with van der Waals surface area (Å²) < 4.78 is 7.03. The van der Waals surface area contributed by atoms with Crippen molar-refractivity contribution in [2.24, 2.45) is 0 Å². The Morgan fingerprint density at radius 2 is 2.11 bits per heavy atom. The molecule has 0 spiro atoms. The zero-order chi connectivity index (χ0) is 13.0. The fourth-order valence-electron chi connectivity index (χ4n) is 1.45. The number of nitrogens with zero attached hydrogens (tertiary/aromatic N) is 4. The number of aromatic nitrogens is 4. The van der Waals surface area contributed by atoms with Crippen LogP contribution in [0, 0.1) is 0 Å². The Bertz CT molecular complexity index is 515. The van der Waals surface area contributed by atoms with E-state index in [4.69, 9.17) is 14.9 Å². The summed E-state index contributed by atoms with van der Waals surface area (Å²) in [5.74, 6) is 0. The predicted molar refractivity (Wildman–Crippen MR) is 66.1 cm³/mol. The number of hydrogen-bond acceptors (Lipinski definition) is 7. The highest BCUT2D eigenvalue weighted by Crippen LogP contribution is 2.20. The van der Waals surface area contributed by atoms with E-state index in [-0.39, 0.29) is 19.9 Å². The first kappa shape index (κ1) is 13.2. The van der Waals surface area contributed by atoms with E-state index in [0.29, 0.717) is 5.65 Å². The Labute approximate surface area is 108 Å². The summed E-state index contributed by atoms with van der Waals surface area (Å²) in [5.41, 5.74) is 1.39. The van der Waals surface area contributed by atoms with Crippen molar-refractivity contribution in [2.45, 2.75) is 17.9 Å². The Kier molecular flexibility index (Phi) is 4.48. The summed E-state index contributed by atoms with van der Waals surface area (Å²) in [6.07, 6.45) is 4.40. The number of thioether (sulfide) groups is 1. The molecule has 0 aliphatic heterocycles. The Morgan fingerprint density at radius 3 is 2.78 bits per heavy atom.